The lowest BCUT2D eigenvalue weighted by molar-refractivity contribution is -0.137. The van der Waals surface area contributed by atoms with Crippen LogP contribution in [0, 0.1) is 22.7 Å². The average Bonchev–Trinajstić information content (AvgIpc) is 3.52. The van der Waals surface area contributed by atoms with Crippen LogP contribution in [-0.2, 0) is 11.6 Å². The Kier molecular flexibility index (Phi) is 5.75. The molecule has 0 aliphatic heterocycles. The number of rotatable bonds is 5. The molecule has 2 aromatic heterocycles. The predicted molar refractivity (Wildman–Crippen MR) is 113 cm³/mol. The fourth-order valence-electron chi connectivity index (χ4n) is 3.46. The number of nitrogens with one attached hydrogen (secondary N) is 1. The summed E-state index contributed by atoms with van der Waals surface area (Å²) in [5.41, 5.74) is -1.75. The number of carbonyl (C=O) groups is 1. The smallest absolute Gasteiger partial charge is 0.342 e. The molecule has 2 heterocycles. The molecule has 3 aromatic rings. The van der Waals surface area contributed by atoms with E-state index in [1.54, 1.807) is 6.92 Å². The number of aromatic nitrogens is 4. The molecule has 34 heavy (non-hydrogen) atoms. The van der Waals surface area contributed by atoms with Crippen LogP contribution in [0.4, 0.5) is 13.2 Å². The van der Waals surface area contributed by atoms with E-state index in [0.29, 0.717) is 18.4 Å². The second-order valence-corrected chi connectivity index (χ2v) is 8.19. The lowest BCUT2D eigenvalue weighted by Gasteiger charge is -2.17. The Morgan fingerprint density at radius 2 is 2.00 bits per heavy atom. The number of alkyl halides is 3. The van der Waals surface area contributed by atoms with Crippen molar-refractivity contribution in [2.24, 2.45) is 0 Å². The summed E-state index contributed by atoms with van der Waals surface area (Å²) >= 11 is 5.94. The molecular formula is C22H15ClF3N7O. The topological polar surface area (TPSA) is 120 Å². The van der Waals surface area contributed by atoms with Crippen molar-refractivity contribution in [1.82, 2.24) is 25.1 Å². The molecular weight excluding hydrogens is 471 g/mol. The van der Waals surface area contributed by atoms with Crippen LogP contribution in [0.2, 0.25) is 5.28 Å². The van der Waals surface area contributed by atoms with Crippen molar-refractivity contribution in [2.75, 3.05) is 0 Å². The van der Waals surface area contributed by atoms with Crippen LogP contribution in [-0.4, -0.2) is 25.7 Å². The number of hydrogen-bond acceptors (Lipinski definition) is 6. The molecule has 0 bridgehead atoms. The Morgan fingerprint density at radius 3 is 2.56 bits per heavy atom. The summed E-state index contributed by atoms with van der Waals surface area (Å²) in [7, 11) is 0. The van der Waals surface area contributed by atoms with Gasteiger partial charge >= 0.3 is 6.18 Å². The minimum Gasteiger partial charge on any atom is -0.342 e. The van der Waals surface area contributed by atoms with Gasteiger partial charge in [-0.1, -0.05) is 0 Å². The van der Waals surface area contributed by atoms with Gasteiger partial charge in [0.1, 0.15) is 6.07 Å². The molecule has 1 aliphatic carbocycles. The molecule has 0 radical (unpaired) electrons. The van der Waals surface area contributed by atoms with E-state index in [-0.39, 0.29) is 28.1 Å². The maximum absolute atomic E-state index is 13.5. The van der Waals surface area contributed by atoms with E-state index < -0.39 is 29.1 Å². The van der Waals surface area contributed by atoms with Crippen LogP contribution in [0.3, 0.4) is 0 Å². The van der Waals surface area contributed by atoms with Gasteiger partial charge in [0.15, 0.2) is 11.6 Å². The summed E-state index contributed by atoms with van der Waals surface area (Å²) < 4.78 is 41.7. The first kappa shape index (κ1) is 23.2. The van der Waals surface area contributed by atoms with Crippen LogP contribution in [0.15, 0.2) is 36.5 Å². The third kappa shape index (κ3) is 4.43. The molecule has 1 N–H and O–H groups in total. The van der Waals surface area contributed by atoms with E-state index in [1.165, 1.54) is 29.1 Å². The zero-order chi connectivity index (χ0) is 24.7. The fourth-order valence-corrected chi connectivity index (χ4v) is 3.62. The number of nitriles is 2. The van der Waals surface area contributed by atoms with Gasteiger partial charge in [0.25, 0.3) is 5.91 Å². The Morgan fingerprint density at radius 1 is 1.26 bits per heavy atom. The highest BCUT2D eigenvalue weighted by atomic mass is 35.5. The summed E-state index contributed by atoms with van der Waals surface area (Å²) in [6.45, 7) is 1.56. The van der Waals surface area contributed by atoms with Gasteiger partial charge in [-0.15, -0.1) is 5.10 Å². The quantitative estimate of drug-likeness (QED) is 0.576. The molecule has 1 aromatic carbocycles. The van der Waals surface area contributed by atoms with Gasteiger partial charge in [0.2, 0.25) is 5.28 Å². The van der Waals surface area contributed by atoms with E-state index in [0.717, 1.165) is 12.1 Å². The Balaban J connectivity index is 1.65. The zero-order valence-electron chi connectivity index (χ0n) is 17.6. The van der Waals surface area contributed by atoms with Crippen molar-refractivity contribution >= 4 is 17.5 Å². The lowest BCUT2D eigenvalue weighted by atomic mass is 9.93. The van der Waals surface area contributed by atoms with Crippen LogP contribution in [0.5, 0.6) is 0 Å². The number of benzene rings is 1. The molecule has 1 atom stereocenters. The second-order valence-electron chi connectivity index (χ2n) is 7.85. The Bertz CT molecular complexity index is 1350. The van der Waals surface area contributed by atoms with E-state index in [9.17, 15) is 23.2 Å². The van der Waals surface area contributed by atoms with E-state index in [4.69, 9.17) is 16.9 Å². The normalized spacial score (nSPS) is 15.1. The summed E-state index contributed by atoms with van der Waals surface area (Å²) in [5, 5.41) is 24.9. The highest BCUT2D eigenvalue weighted by Crippen LogP contribution is 2.48. The number of pyridine rings is 1. The van der Waals surface area contributed by atoms with E-state index in [2.05, 4.69) is 26.5 Å². The maximum Gasteiger partial charge on any atom is 0.416 e. The predicted octanol–water partition coefficient (Wildman–Crippen LogP) is 4.25. The number of nitrogens with zero attached hydrogens (tertiary/aromatic N) is 6. The fraction of sp³-hybridized carbons (Fsp3) is 0.273. The van der Waals surface area contributed by atoms with Crippen molar-refractivity contribution in [3.05, 3.63) is 69.9 Å². The third-order valence-electron chi connectivity index (χ3n) is 5.47. The monoisotopic (exact) mass is 485 g/mol. The summed E-state index contributed by atoms with van der Waals surface area (Å²) in [6, 6.07) is 9.17. The maximum atomic E-state index is 13.5. The van der Waals surface area contributed by atoms with Gasteiger partial charge < -0.3 is 5.32 Å². The first-order chi connectivity index (χ1) is 16.1. The number of carbonyl (C=O) groups excluding carboxylic acids is 1. The van der Waals surface area contributed by atoms with Crippen molar-refractivity contribution in [3.8, 4) is 18.0 Å². The molecule has 0 saturated heterocycles. The second kappa shape index (κ2) is 8.43. The van der Waals surface area contributed by atoms with Gasteiger partial charge in [-0.25, -0.2) is 4.98 Å². The van der Waals surface area contributed by atoms with E-state index >= 15 is 0 Å². The van der Waals surface area contributed by atoms with Gasteiger partial charge in [-0.05, 0) is 67.3 Å². The third-order valence-corrected chi connectivity index (χ3v) is 5.63. The van der Waals surface area contributed by atoms with E-state index in [1.807, 2.05) is 6.07 Å². The molecule has 1 saturated carbocycles. The summed E-state index contributed by atoms with van der Waals surface area (Å²) in [4.78, 5) is 21.1. The van der Waals surface area contributed by atoms with Crippen LogP contribution < -0.4 is 5.32 Å². The van der Waals surface area contributed by atoms with Gasteiger partial charge in [0.05, 0.1) is 28.7 Å². The number of halogens is 4. The number of hydrogen-bond donors (Lipinski definition) is 1. The van der Waals surface area contributed by atoms with Crippen molar-refractivity contribution in [3.63, 3.8) is 0 Å². The average molecular weight is 486 g/mol. The zero-order valence-corrected chi connectivity index (χ0v) is 18.3. The SMILES string of the molecule is CC(NC(=O)c1cc(C(F)(F)F)cc(C2(C#N)CC2)c1)c1nc(Cl)nn1-c1ccc(C#N)cn1. The lowest BCUT2D eigenvalue weighted by Crippen LogP contribution is -2.29. The molecule has 8 nitrogen and oxygen atoms in total. The number of amides is 1. The van der Waals surface area contributed by atoms with Crippen molar-refractivity contribution in [2.45, 2.75) is 37.4 Å². The molecule has 12 heteroatoms. The highest BCUT2D eigenvalue weighted by molar-refractivity contribution is 6.28. The van der Waals surface area contributed by atoms with Crippen LogP contribution in [0.25, 0.3) is 5.82 Å². The first-order valence-electron chi connectivity index (χ1n) is 10.0. The Hall–Kier alpha value is -3.96. The van der Waals surface area contributed by atoms with Gasteiger partial charge in [0, 0.05) is 11.8 Å². The first-order valence-corrected chi connectivity index (χ1v) is 10.4. The Labute approximate surface area is 196 Å². The molecule has 1 unspecified atom stereocenters. The molecule has 0 spiro atoms. The van der Waals surface area contributed by atoms with Crippen molar-refractivity contribution in [1.29, 1.82) is 10.5 Å². The highest BCUT2D eigenvalue weighted by Gasteiger charge is 2.46. The molecule has 4 rings (SSSR count). The summed E-state index contributed by atoms with van der Waals surface area (Å²) in [5.74, 6) is -0.328. The van der Waals surface area contributed by atoms with Gasteiger partial charge in [-0.2, -0.15) is 33.4 Å². The van der Waals surface area contributed by atoms with Crippen molar-refractivity contribution < 1.29 is 18.0 Å². The largest absolute Gasteiger partial charge is 0.416 e. The van der Waals surface area contributed by atoms with Crippen LogP contribution in [0.1, 0.15) is 58.7 Å². The molecule has 1 amide bonds. The molecule has 172 valence electrons. The van der Waals surface area contributed by atoms with Gasteiger partial charge in [-0.3, -0.25) is 4.79 Å². The molecule has 1 fully saturated rings. The minimum absolute atomic E-state index is 0.131. The standard InChI is InChI=1S/C22H15ClF3N7O/c1-12(18-31-20(23)32-33(18)17-3-2-13(9-27)10-29-17)30-19(34)14-6-15(21(11-28)4-5-21)8-16(7-14)22(24,25)26/h2-3,6-8,10,12H,4-5H2,1H3,(H,30,34). The minimum atomic E-state index is -4.68. The van der Waals surface area contributed by atoms with Crippen LogP contribution >= 0.6 is 11.6 Å². The molecule has 1 aliphatic rings. The summed E-state index contributed by atoms with van der Waals surface area (Å²) in [6.07, 6.45) is -2.49.